The third-order valence-electron chi connectivity index (χ3n) is 2.60. The molecule has 0 atom stereocenters. The van der Waals surface area contributed by atoms with Crippen LogP contribution in [0.2, 0.25) is 0 Å². The number of nitro groups is 1. The lowest BCUT2D eigenvalue weighted by molar-refractivity contribution is -0.380. The van der Waals surface area contributed by atoms with Crippen LogP contribution in [-0.4, -0.2) is 11.5 Å². The van der Waals surface area contributed by atoms with Crippen molar-refractivity contribution >= 4 is 22.0 Å². The van der Waals surface area contributed by atoms with E-state index in [0.717, 1.165) is 22.7 Å². The molecule has 5 nitrogen and oxygen atoms in total. The molecule has 0 spiro atoms. The molecule has 0 aliphatic carbocycles. The van der Waals surface area contributed by atoms with Gasteiger partial charge in [0.25, 0.3) is 0 Å². The summed E-state index contributed by atoms with van der Waals surface area (Å²) in [7, 11) is 0. The van der Waals surface area contributed by atoms with E-state index in [-0.39, 0.29) is 9.92 Å². The highest BCUT2D eigenvalue weighted by Crippen LogP contribution is 2.25. The van der Waals surface area contributed by atoms with Gasteiger partial charge in [0.2, 0.25) is 0 Å². The van der Waals surface area contributed by atoms with Crippen molar-refractivity contribution in [1.29, 1.82) is 0 Å². The number of hydrogen-bond donors (Lipinski definition) is 1. The van der Waals surface area contributed by atoms with Gasteiger partial charge in [-0.2, -0.15) is 0 Å². The van der Waals surface area contributed by atoms with Crippen molar-refractivity contribution in [2.45, 2.75) is 19.9 Å². The zero-order valence-corrected chi connectivity index (χ0v) is 12.0. The van der Waals surface area contributed by atoms with Crippen LogP contribution in [0.3, 0.4) is 0 Å². The first-order chi connectivity index (χ1) is 9.69. The van der Waals surface area contributed by atoms with Crippen molar-refractivity contribution in [2.24, 2.45) is 0 Å². The molecule has 1 N–H and O–H groups in total. The van der Waals surface area contributed by atoms with Crippen LogP contribution in [0.1, 0.15) is 18.2 Å². The number of benzene rings is 1. The average Bonchev–Trinajstić information content (AvgIpc) is 2.92. The number of anilines is 1. The second-order valence-electron chi connectivity index (χ2n) is 4.23. The van der Waals surface area contributed by atoms with Gasteiger partial charge in [-0.1, -0.05) is 24.3 Å². The third kappa shape index (κ3) is 3.96. The molecule has 2 aromatic rings. The Kier molecular flexibility index (Phi) is 4.95. The molecular formula is C14H16N2O3S. The van der Waals surface area contributed by atoms with Gasteiger partial charge >= 0.3 is 5.00 Å². The lowest BCUT2D eigenvalue weighted by Crippen LogP contribution is -1.99. The zero-order chi connectivity index (χ0) is 14.4. The van der Waals surface area contributed by atoms with Gasteiger partial charge in [-0.25, -0.2) is 0 Å². The number of ether oxygens (including phenoxy) is 1. The molecule has 1 aromatic carbocycles. The summed E-state index contributed by atoms with van der Waals surface area (Å²) < 4.78 is 5.56. The topological polar surface area (TPSA) is 64.4 Å². The van der Waals surface area contributed by atoms with Gasteiger partial charge in [0, 0.05) is 29.2 Å². The number of hydrogen-bond acceptors (Lipinski definition) is 5. The number of nitrogens with zero attached hydrogens (tertiary/aromatic N) is 1. The Hall–Kier alpha value is -2.08. The SMILES string of the molecule is CCCOc1cccc(NCc2ccc([N+](=O)[O-])s2)c1. The van der Waals surface area contributed by atoms with Crippen molar-refractivity contribution < 1.29 is 9.66 Å². The van der Waals surface area contributed by atoms with Crippen molar-refractivity contribution in [3.63, 3.8) is 0 Å². The molecule has 0 bridgehead atoms. The van der Waals surface area contributed by atoms with Crippen LogP contribution in [0, 0.1) is 10.1 Å². The first-order valence-corrected chi connectivity index (χ1v) is 7.20. The van der Waals surface area contributed by atoms with E-state index in [0.29, 0.717) is 13.2 Å². The average molecular weight is 292 g/mol. The summed E-state index contributed by atoms with van der Waals surface area (Å²) in [6.45, 7) is 3.32. The molecule has 0 fully saturated rings. The summed E-state index contributed by atoms with van der Waals surface area (Å²) in [4.78, 5) is 11.2. The Morgan fingerprint density at radius 2 is 2.20 bits per heavy atom. The second kappa shape index (κ2) is 6.91. The minimum absolute atomic E-state index is 0.168. The van der Waals surface area contributed by atoms with E-state index >= 15 is 0 Å². The Labute approximate surface area is 121 Å². The van der Waals surface area contributed by atoms with Gasteiger partial charge in [0.05, 0.1) is 11.5 Å². The summed E-state index contributed by atoms with van der Waals surface area (Å²) in [5.41, 5.74) is 0.939. The first-order valence-electron chi connectivity index (χ1n) is 6.39. The first kappa shape index (κ1) is 14.3. The summed E-state index contributed by atoms with van der Waals surface area (Å²) in [6, 6.07) is 11.0. The standard InChI is InChI=1S/C14H16N2O3S/c1-2-8-19-12-5-3-4-11(9-12)15-10-13-6-7-14(20-13)16(17)18/h3-7,9,15H,2,8,10H2,1H3. The largest absolute Gasteiger partial charge is 0.494 e. The minimum Gasteiger partial charge on any atom is -0.494 e. The summed E-state index contributed by atoms with van der Waals surface area (Å²) in [6.07, 6.45) is 0.969. The monoisotopic (exact) mass is 292 g/mol. The van der Waals surface area contributed by atoms with Crippen LogP contribution in [0.25, 0.3) is 0 Å². The summed E-state index contributed by atoms with van der Waals surface area (Å²) in [5, 5.41) is 14.0. The second-order valence-corrected chi connectivity index (χ2v) is 5.37. The lowest BCUT2D eigenvalue weighted by Gasteiger charge is -2.08. The molecule has 1 heterocycles. The summed E-state index contributed by atoms with van der Waals surface area (Å²) in [5.74, 6) is 0.828. The van der Waals surface area contributed by atoms with Gasteiger partial charge in [-0.05, 0) is 24.6 Å². The van der Waals surface area contributed by atoms with Crippen LogP contribution in [0.15, 0.2) is 36.4 Å². The molecule has 0 saturated heterocycles. The highest BCUT2D eigenvalue weighted by molar-refractivity contribution is 7.15. The van der Waals surface area contributed by atoms with Gasteiger partial charge in [-0.3, -0.25) is 10.1 Å². The number of rotatable bonds is 7. The molecule has 0 aliphatic rings. The van der Waals surface area contributed by atoms with Crippen LogP contribution in [0.5, 0.6) is 5.75 Å². The maximum atomic E-state index is 10.6. The van der Waals surface area contributed by atoms with E-state index in [1.807, 2.05) is 24.3 Å². The van der Waals surface area contributed by atoms with Crippen LogP contribution in [0.4, 0.5) is 10.7 Å². The molecule has 0 aliphatic heterocycles. The molecule has 2 rings (SSSR count). The predicted molar refractivity (Wildman–Crippen MR) is 80.5 cm³/mol. The maximum Gasteiger partial charge on any atom is 0.324 e. The third-order valence-corrected chi connectivity index (χ3v) is 3.64. The molecule has 0 unspecified atom stereocenters. The fourth-order valence-electron chi connectivity index (χ4n) is 1.66. The Bertz CT molecular complexity index is 583. The Balaban J connectivity index is 1.94. The van der Waals surface area contributed by atoms with Gasteiger partial charge in [0.15, 0.2) is 0 Å². The molecule has 1 aromatic heterocycles. The fraction of sp³-hybridized carbons (Fsp3) is 0.286. The fourth-order valence-corrected chi connectivity index (χ4v) is 2.42. The highest BCUT2D eigenvalue weighted by atomic mass is 32.1. The van der Waals surface area contributed by atoms with Crippen molar-refractivity contribution in [2.75, 3.05) is 11.9 Å². The molecular weight excluding hydrogens is 276 g/mol. The van der Waals surface area contributed by atoms with Crippen LogP contribution < -0.4 is 10.1 Å². The highest BCUT2D eigenvalue weighted by Gasteiger charge is 2.09. The van der Waals surface area contributed by atoms with E-state index in [4.69, 9.17) is 4.74 Å². The normalized spacial score (nSPS) is 10.2. The molecule has 20 heavy (non-hydrogen) atoms. The summed E-state index contributed by atoms with van der Waals surface area (Å²) >= 11 is 1.19. The lowest BCUT2D eigenvalue weighted by atomic mass is 10.3. The smallest absolute Gasteiger partial charge is 0.324 e. The van der Waals surface area contributed by atoms with E-state index in [1.54, 1.807) is 6.07 Å². The van der Waals surface area contributed by atoms with E-state index in [9.17, 15) is 10.1 Å². The molecule has 0 radical (unpaired) electrons. The van der Waals surface area contributed by atoms with E-state index in [1.165, 1.54) is 17.4 Å². The molecule has 6 heteroatoms. The minimum atomic E-state index is -0.368. The van der Waals surface area contributed by atoms with E-state index < -0.39 is 0 Å². The van der Waals surface area contributed by atoms with Gasteiger partial charge < -0.3 is 10.1 Å². The van der Waals surface area contributed by atoms with Crippen molar-refractivity contribution in [3.8, 4) is 5.75 Å². The van der Waals surface area contributed by atoms with Crippen molar-refractivity contribution in [1.82, 2.24) is 0 Å². The Morgan fingerprint density at radius 1 is 1.35 bits per heavy atom. The maximum absolute atomic E-state index is 10.6. The zero-order valence-electron chi connectivity index (χ0n) is 11.2. The van der Waals surface area contributed by atoms with Gasteiger partial charge in [0.1, 0.15) is 5.75 Å². The van der Waals surface area contributed by atoms with Crippen molar-refractivity contribution in [3.05, 3.63) is 51.4 Å². The number of thiophene rings is 1. The van der Waals surface area contributed by atoms with Gasteiger partial charge in [-0.15, -0.1) is 0 Å². The predicted octanol–water partition coefficient (Wildman–Crippen LogP) is 4.06. The molecule has 0 saturated carbocycles. The van der Waals surface area contributed by atoms with Crippen LogP contribution in [-0.2, 0) is 6.54 Å². The Morgan fingerprint density at radius 3 is 2.90 bits per heavy atom. The molecule has 0 amide bonds. The van der Waals surface area contributed by atoms with Crippen LogP contribution >= 0.6 is 11.3 Å². The number of nitrogens with one attached hydrogen (secondary N) is 1. The quantitative estimate of drug-likeness (QED) is 0.617. The van der Waals surface area contributed by atoms with E-state index in [2.05, 4.69) is 12.2 Å². The molecule has 106 valence electrons.